The van der Waals surface area contributed by atoms with Crippen molar-refractivity contribution in [2.45, 2.75) is 5.16 Å². The number of hydrogen-bond donors (Lipinski definition) is 0. The Morgan fingerprint density at radius 3 is 2.56 bits per heavy atom. The molecule has 25 heavy (non-hydrogen) atoms. The lowest BCUT2D eigenvalue weighted by atomic mass is 10.3. The summed E-state index contributed by atoms with van der Waals surface area (Å²) in [6, 6.07) is 5.76. The molecule has 1 aromatic carbocycles. The smallest absolute Gasteiger partial charge is 0.304 e. The maximum absolute atomic E-state index is 13.6. The first-order chi connectivity index (χ1) is 11.9. The van der Waals surface area contributed by atoms with E-state index in [1.165, 1.54) is 37.6 Å². The predicted molar refractivity (Wildman–Crippen MR) is 89.4 cm³/mol. The van der Waals surface area contributed by atoms with Gasteiger partial charge in [0.15, 0.2) is 6.80 Å². The molecular formula is C13H10Cl2FN5O3S. The van der Waals surface area contributed by atoms with E-state index in [0.29, 0.717) is 4.31 Å². The molecule has 2 aromatic heterocycles. The maximum Gasteiger partial charge on any atom is 0.304 e. The molecule has 0 unspecified atom stereocenters. The van der Waals surface area contributed by atoms with E-state index in [9.17, 15) is 12.8 Å². The van der Waals surface area contributed by atoms with E-state index in [1.54, 1.807) is 0 Å². The Morgan fingerprint density at radius 2 is 1.96 bits per heavy atom. The van der Waals surface area contributed by atoms with Gasteiger partial charge in [0.05, 0.1) is 22.8 Å². The van der Waals surface area contributed by atoms with Crippen LogP contribution in [-0.2, 0) is 10.0 Å². The predicted octanol–water partition coefficient (Wildman–Crippen LogP) is 2.56. The van der Waals surface area contributed by atoms with Crippen molar-refractivity contribution >= 4 is 44.7 Å². The SMILES string of the molecule is COc1ccnc2nc(S(=O)(=O)N(CF)c3c(Cl)cccc3Cl)nn12. The number of nitrogens with zero attached hydrogens (tertiary/aromatic N) is 5. The number of halogens is 3. The van der Waals surface area contributed by atoms with Crippen molar-refractivity contribution < 1.29 is 17.5 Å². The highest BCUT2D eigenvalue weighted by atomic mass is 35.5. The van der Waals surface area contributed by atoms with Crippen LogP contribution in [0.4, 0.5) is 10.1 Å². The largest absolute Gasteiger partial charge is 0.481 e. The number of rotatable bonds is 5. The van der Waals surface area contributed by atoms with E-state index < -0.39 is 22.0 Å². The molecule has 12 heteroatoms. The minimum absolute atomic E-state index is 0.0259. The number of alkyl halides is 1. The molecule has 8 nitrogen and oxygen atoms in total. The van der Waals surface area contributed by atoms with Crippen molar-refractivity contribution in [2.75, 3.05) is 18.2 Å². The van der Waals surface area contributed by atoms with Gasteiger partial charge in [0.2, 0.25) is 5.88 Å². The average Bonchev–Trinajstić information content (AvgIpc) is 3.03. The van der Waals surface area contributed by atoms with Crippen LogP contribution in [0.2, 0.25) is 10.0 Å². The number of benzene rings is 1. The minimum atomic E-state index is -4.49. The third kappa shape index (κ3) is 2.96. The number of anilines is 1. The van der Waals surface area contributed by atoms with Crippen LogP contribution in [0.15, 0.2) is 35.6 Å². The zero-order valence-electron chi connectivity index (χ0n) is 12.6. The van der Waals surface area contributed by atoms with Crippen molar-refractivity contribution in [3.8, 4) is 5.88 Å². The van der Waals surface area contributed by atoms with Gasteiger partial charge < -0.3 is 4.74 Å². The van der Waals surface area contributed by atoms with Crippen LogP contribution in [0.3, 0.4) is 0 Å². The third-order valence-electron chi connectivity index (χ3n) is 3.21. The summed E-state index contributed by atoms with van der Waals surface area (Å²) in [7, 11) is -3.11. The Labute approximate surface area is 151 Å². The summed E-state index contributed by atoms with van der Waals surface area (Å²) in [5, 5.41) is 3.11. The Hall–Kier alpha value is -2.17. The highest BCUT2D eigenvalue weighted by molar-refractivity contribution is 7.92. The Morgan fingerprint density at radius 1 is 1.28 bits per heavy atom. The number of hydrogen-bond acceptors (Lipinski definition) is 6. The molecule has 0 N–H and O–H groups in total. The zero-order chi connectivity index (χ0) is 18.2. The van der Waals surface area contributed by atoms with Gasteiger partial charge in [0, 0.05) is 12.3 Å². The molecule has 0 fully saturated rings. The van der Waals surface area contributed by atoms with Crippen molar-refractivity contribution in [1.29, 1.82) is 0 Å². The van der Waals surface area contributed by atoms with E-state index in [4.69, 9.17) is 27.9 Å². The molecule has 2 heterocycles. The summed E-state index contributed by atoms with van der Waals surface area (Å²) >= 11 is 12.0. The fourth-order valence-electron chi connectivity index (χ4n) is 2.09. The summed E-state index contributed by atoms with van der Waals surface area (Å²) in [6.45, 7) is -1.41. The van der Waals surface area contributed by atoms with Gasteiger partial charge in [-0.1, -0.05) is 29.3 Å². The van der Waals surface area contributed by atoms with Crippen LogP contribution >= 0.6 is 23.2 Å². The molecule has 0 saturated heterocycles. The van der Waals surface area contributed by atoms with Gasteiger partial charge >= 0.3 is 10.0 Å². The van der Waals surface area contributed by atoms with Crippen LogP contribution in [-0.4, -0.2) is 41.9 Å². The topological polar surface area (TPSA) is 89.7 Å². The monoisotopic (exact) mass is 405 g/mol. The molecule has 0 bridgehead atoms. The molecule has 3 rings (SSSR count). The van der Waals surface area contributed by atoms with Crippen molar-refractivity contribution in [2.24, 2.45) is 0 Å². The first-order valence-corrected chi connectivity index (χ1v) is 8.88. The number of para-hydroxylation sites is 1. The average molecular weight is 406 g/mol. The molecule has 0 radical (unpaired) electrons. The summed E-state index contributed by atoms with van der Waals surface area (Å²) < 4.78 is 45.7. The van der Waals surface area contributed by atoms with Crippen LogP contribution in [0.5, 0.6) is 5.88 Å². The number of methoxy groups -OCH3 is 1. The lowest BCUT2D eigenvalue weighted by Gasteiger charge is -2.21. The van der Waals surface area contributed by atoms with Crippen molar-refractivity contribution in [3.05, 3.63) is 40.5 Å². The van der Waals surface area contributed by atoms with Crippen molar-refractivity contribution in [3.63, 3.8) is 0 Å². The van der Waals surface area contributed by atoms with Gasteiger partial charge in [0.1, 0.15) is 0 Å². The molecule has 3 aromatic rings. The van der Waals surface area contributed by atoms with Gasteiger partial charge in [-0.3, -0.25) is 0 Å². The summed E-state index contributed by atoms with van der Waals surface area (Å²) in [4.78, 5) is 7.72. The zero-order valence-corrected chi connectivity index (χ0v) is 14.9. The van der Waals surface area contributed by atoms with E-state index >= 15 is 0 Å². The second-order valence-electron chi connectivity index (χ2n) is 4.64. The van der Waals surface area contributed by atoms with Gasteiger partial charge in [0.25, 0.3) is 10.9 Å². The second-order valence-corrected chi connectivity index (χ2v) is 7.21. The van der Waals surface area contributed by atoms with E-state index in [-0.39, 0.29) is 27.4 Å². The molecule has 0 atom stereocenters. The van der Waals surface area contributed by atoms with Crippen LogP contribution < -0.4 is 9.04 Å². The van der Waals surface area contributed by atoms with Gasteiger partial charge in [-0.15, -0.1) is 5.10 Å². The Bertz CT molecular complexity index is 1020. The molecular weight excluding hydrogens is 396 g/mol. The Balaban J connectivity index is 2.18. The van der Waals surface area contributed by atoms with Crippen LogP contribution in [0.25, 0.3) is 5.78 Å². The van der Waals surface area contributed by atoms with Gasteiger partial charge in [-0.05, 0) is 12.1 Å². The van der Waals surface area contributed by atoms with Crippen molar-refractivity contribution in [1.82, 2.24) is 19.6 Å². The van der Waals surface area contributed by atoms with Crippen LogP contribution in [0.1, 0.15) is 0 Å². The molecule has 0 aliphatic heterocycles. The lowest BCUT2D eigenvalue weighted by molar-refractivity contribution is 0.383. The Kier molecular flexibility index (Phi) is 4.67. The third-order valence-corrected chi connectivity index (χ3v) is 5.32. The summed E-state index contributed by atoms with van der Waals surface area (Å²) in [6.07, 6.45) is 1.37. The summed E-state index contributed by atoms with van der Waals surface area (Å²) in [5.74, 6) is 0.184. The van der Waals surface area contributed by atoms with Gasteiger partial charge in [-0.2, -0.15) is 17.9 Å². The summed E-state index contributed by atoms with van der Waals surface area (Å²) in [5.41, 5.74) is -0.202. The van der Waals surface area contributed by atoms with E-state index in [0.717, 1.165) is 4.52 Å². The fourth-order valence-corrected chi connectivity index (χ4v) is 3.94. The van der Waals surface area contributed by atoms with Gasteiger partial charge in [-0.25, -0.2) is 13.7 Å². The van der Waals surface area contributed by atoms with Crippen LogP contribution in [0, 0.1) is 0 Å². The normalized spacial score (nSPS) is 11.7. The number of ether oxygens (including phenoxy) is 1. The molecule has 0 saturated carbocycles. The van der Waals surface area contributed by atoms with E-state index in [2.05, 4.69) is 15.1 Å². The molecule has 0 spiro atoms. The maximum atomic E-state index is 13.6. The molecule has 0 amide bonds. The first-order valence-electron chi connectivity index (χ1n) is 6.68. The lowest BCUT2D eigenvalue weighted by Crippen LogP contribution is -2.31. The standard InChI is InChI=1S/C13H10Cl2FN5O3S/c1-24-10-5-6-17-12-18-13(19-21(10)12)25(22,23)20(7-16)11-8(14)3-2-4-9(11)15/h2-6H,7H2,1H3. The van der Waals surface area contributed by atoms with E-state index in [1.807, 2.05) is 0 Å². The first kappa shape index (κ1) is 17.6. The second kappa shape index (κ2) is 6.62. The molecule has 0 aliphatic rings. The minimum Gasteiger partial charge on any atom is -0.481 e. The highest BCUT2D eigenvalue weighted by Gasteiger charge is 2.32. The highest BCUT2D eigenvalue weighted by Crippen LogP contribution is 2.36. The number of fused-ring (bicyclic) bond motifs is 1. The molecule has 0 aliphatic carbocycles. The number of sulfonamides is 1. The quantitative estimate of drug-likeness (QED) is 0.605. The fraction of sp³-hybridized carbons (Fsp3) is 0.154. The molecule has 132 valence electrons. The number of aromatic nitrogens is 4.